The number of rotatable bonds is 3. The summed E-state index contributed by atoms with van der Waals surface area (Å²) in [5, 5.41) is 0.752. The van der Waals surface area contributed by atoms with E-state index in [-0.39, 0.29) is 5.78 Å². The quantitative estimate of drug-likeness (QED) is 0.800. The Bertz CT molecular complexity index is 350. The number of Topliss-reactive ketones (excluding diaryl/α,β-unsaturated/α-hetero) is 1. The van der Waals surface area contributed by atoms with Crippen LogP contribution in [0.25, 0.3) is 0 Å². The van der Waals surface area contributed by atoms with Crippen LogP contribution >= 0.6 is 23.2 Å². The largest absolute Gasteiger partial charge is 0.481 e. The fraction of sp³-hybridized carbons (Fsp3) is 0.300. The van der Waals surface area contributed by atoms with E-state index in [1.807, 2.05) is 0 Å². The highest BCUT2D eigenvalue weighted by molar-refractivity contribution is 6.42. The molecule has 0 saturated heterocycles. The molecule has 0 heterocycles. The molecule has 1 unspecified atom stereocenters. The molecule has 1 rings (SSSR count). The molecule has 0 saturated carbocycles. The zero-order valence-corrected chi connectivity index (χ0v) is 9.39. The summed E-state index contributed by atoms with van der Waals surface area (Å²) >= 11 is 11.7. The third-order valence-electron chi connectivity index (χ3n) is 1.79. The van der Waals surface area contributed by atoms with E-state index in [1.54, 1.807) is 25.1 Å². The third-order valence-corrected chi connectivity index (χ3v) is 2.59. The van der Waals surface area contributed by atoms with Crippen molar-refractivity contribution in [3.8, 4) is 5.75 Å². The van der Waals surface area contributed by atoms with Crippen molar-refractivity contribution in [1.82, 2.24) is 0 Å². The van der Waals surface area contributed by atoms with Gasteiger partial charge in [-0.1, -0.05) is 29.3 Å². The molecule has 0 amide bonds. The monoisotopic (exact) mass is 232 g/mol. The van der Waals surface area contributed by atoms with Gasteiger partial charge in [0.15, 0.2) is 11.9 Å². The molecule has 0 fully saturated rings. The number of carbonyl (C=O) groups excluding carboxylic acids is 1. The lowest BCUT2D eigenvalue weighted by atomic mass is 10.3. The van der Waals surface area contributed by atoms with Gasteiger partial charge in [-0.05, 0) is 26.0 Å². The smallest absolute Gasteiger partial charge is 0.169 e. The number of hydrogen-bond donors (Lipinski definition) is 0. The van der Waals surface area contributed by atoms with Crippen LogP contribution in [0.5, 0.6) is 5.75 Å². The Morgan fingerprint density at radius 2 is 2.07 bits per heavy atom. The number of hydrogen-bond acceptors (Lipinski definition) is 2. The Morgan fingerprint density at radius 1 is 1.43 bits per heavy atom. The fourth-order valence-corrected chi connectivity index (χ4v) is 1.18. The first-order chi connectivity index (χ1) is 6.52. The Labute approximate surface area is 92.8 Å². The predicted octanol–water partition coefficient (Wildman–Crippen LogP) is 3.35. The van der Waals surface area contributed by atoms with Gasteiger partial charge in [-0.15, -0.1) is 0 Å². The molecule has 1 aromatic rings. The first-order valence-electron chi connectivity index (χ1n) is 4.13. The van der Waals surface area contributed by atoms with Crippen molar-refractivity contribution in [1.29, 1.82) is 0 Å². The molecule has 0 aromatic heterocycles. The van der Waals surface area contributed by atoms with Crippen LogP contribution in [-0.4, -0.2) is 11.9 Å². The SMILES string of the molecule is CC(=O)C(C)Oc1cccc(Cl)c1Cl. The number of ketones is 1. The summed E-state index contributed by atoms with van der Waals surface area (Å²) in [6, 6.07) is 5.05. The lowest BCUT2D eigenvalue weighted by Gasteiger charge is -2.13. The van der Waals surface area contributed by atoms with Crippen LogP contribution in [0.4, 0.5) is 0 Å². The molecule has 76 valence electrons. The van der Waals surface area contributed by atoms with E-state index in [0.29, 0.717) is 15.8 Å². The van der Waals surface area contributed by atoms with Gasteiger partial charge in [0.25, 0.3) is 0 Å². The minimum absolute atomic E-state index is 0.0546. The van der Waals surface area contributed by atoms with Gasteiger partial charge < -0.3 is 4.74 Å². The van der Waals surface area contributed by atoms with E-state index in [0.717, 1.165) is 0 Å². The summed E-state index contributed by atoms with van der Waals surface area (Å²) in [6.07, 6.45) is -0.508. The first-order valence-corrected chi connectivity index (χ1v) is 4.89. The maximum atomic E-state index is 10.9. The van der Waals surface area contributed by atoms with Crippen LogP contribution in [-0.2, 0) is 4.79 Å². The Kier molecular flexibility index (Phi) is 3.78. The molecule has 0 aliphatic heterocycles. The van der Waals surface area contributed by atoms with Gasteiger partial charge in [-0.3, -0.25) is 4.79 Å². The van der Waals surface area contributed by atoms with Gasteiger partial charge in [0, 0.05) is 0 Å². The Morgan fingerprint density at radius 3 is 2.64 bits per heavy atom. The Balaban J connectivity index is 2.87. The summed E-state index contributed by atoms with van der Waals surface area (Å²) in [7, 11) is 0. The van der Waals surface area contributed by atoms with Gasteiger partial charge in [0.2, 0.25) is 0 Å². The molecular formula is C10H10Cl2O2. The molecule has 4 heteroatoms. The molecule has 1 atom stereocenters. The van der Waals surface area contributed by atoms with E-state index in [9.17, 15) is 4.79 Å². The summed E-state index contributed by atoms with van der Waals surface area (Å²) in [4.78, 5) is 10.9. The molecule has 1 aromatic carbocycles. The number of benzene rings is 1. The Hall–Kier alpha value is -0.730. The molecule has 0 aliphatic carbocycles. The zero-order chi connectivity index (χ0) is 10.7. The normalized spacial score (nSPS) is 12.3. The summed E-state index contributed by atoms with van der Waals surface area (Å²) < 4.78 is 5.32. The van der Waals surface area contributed by atoms with E-state index in [1.165, 1.54) is 6.92 Å². The third kappa shape index (κ3) is 2.63. The second kappa shape index (κ2) is 4.67. The highest BCUT2D eigenvalue weighted by atomic mass is 35.5. The van der Waals surface area contributed by atoms with E-state index in [4.69, 9.17) is 27.9 Å². The second-order valence-electron chi connectivity index (χ2n) is 2.92. The topological polar surface area (TPSA) is 26.3 Å². The number of carbonyl (C=O) groups is 1. The van der Waals surface area contributed by atoms with E-state index >= 15 is 0 Å². The first kappa shape index (κ1) is 11.3. The average molecular weight is 233 g/mol. The van der Waals surface area contributed by atoms with Crippen molar-refractivity contribution in [3.63, 3.8) is 0 Å². The standard InChI is InChI=1S/C10H10Cl2O2/c1-6(13)7(2)14-9-5-3-4-8(11)10(9)12/h3-5,7H,1-2H3. The molecular weight excluding hydrogens is 223 g/mol. The van der Waals surface area contributed by atoms with E-state index < -0.39 is 6.10 Å². The predicted molar refractivity (Wildman–Crippen MR) is 57.2 cm³/mol. The number of halogens is 2. The van der Waals surface area contributed by atoms with Crippen LogP contribution < -0.4 is 4.74 Å². The van der Waals surface area contributed by atoms with Crippen molar-refractivity contribution >= 4 is 29.0 Å². The maximum Gasteiger partial charge on any atom is 0.169 e. The number of ether oxygens (including phenoxy) is 1. The summed E-state index contributed by atoms with van der Waals surface area (Å²) in [5.74, 6) is 0.378. The van der Waals surface area contributed by atoms with Crippen LogP contribution in [0.15, 0.2) is 18.2 Å². The second-order valence-corrected chi connectivity index (χ2v) is 3.71. The highest BCUT2D eigenvalue weighted by Crippen LogP contribution is 2.32. The van der Waals surface area contributed by atoms with Gasteiger partial charge in [-0.25, -0.2) is 0 Å². The van der Waals surface area contributed by atoms with Crippen molar-refractivity contribution in [2.45, 2.75) is 20.0 Å². The average Bonchev–Trinajstić information content (AvgIpc) is 2.12. The van der Waals surface area contributed by atoms with Gasteiger partial charge in [0.05, 0.1) is 5.02 Å². The molecule has 0 radical (unpaired) electrons. The lowest BCUT2D eigenvalue weighted by Crippen LogP contribution is -2.20. The van der Waals surface area contributed by atoms with Crippen molar-refractivity contribution < 1.29 is 9.53 Å². The van der Waals surface area contributed by atoms with Crippen LogP contribution in [0.2, 0.25) is 10.0 Å². The van der Waals surface area contributed by atoms with Gasteiger partial charge in [0.1, 0.15) is 10.8 Å². The molecule has 14 heavy (non-hydrogen) atoms. The van der Waals surface area contributed by atoms with Crippen molar-refractivity contribution in [3.05, 3.63) is 28.2 Å². The lowest BCUT2D eigenvalue weighted by molar-refractivity contribution is -0.122. The molecule has 0 aliphatic rings. The summed E-state index contributed by atoms with van der Waals surface area (Å²) in [6.45, 7) is 3.13. The zero-order valence-electron chi connectivity index (χ0n) is 7.88. The van der Waals surface area contributed by atoms with Gasteiger partial charge >= 0.3 is 0 Å². The van der Waals surface area contributed by atoms with Crippen molar-refractivity contribution in [2.24, 2.45) is 0 Å². The molecule has 0 spiro atoms. The van der Waals surface area contributed by atoms with Crippen LogP contribution in [0, 0.1) is 0 Å². The van der Waals surface area contributed by atoms with Crippen LogP contribution in [0.3, 0.4) is 0 Å². The minimum atomic E-state index is -0.508. The minimum Gasteiger partial charge on any atom is -0.481 e. The van der Waals surface area contributed by atoms with Crippen molar-refractivity contribution in [2.75, 3.05) is 0 Å². The highest BCUT2D eigenvalue weighted by Gasteiger charge is 2.12. The fourth-order valence-electron chi connectivity index (χ4n) is 0.848. The molecule has 2 nitrogen and oxygen atoms in total. The van der Waals surface area contributed by atoms with Gasteiger partial charge in [-0.2, -0.15) is 0 Å². The van der Waals surface area contributed by atoms with E-state index in [2.05, 4.69) is 0 Å². The molecule has 0 bridgehead atoms. The molecule has 0 N–H and O–H groups in total. The maximum absolute atomic E-state index is 10.9. The van der Waals surface area contributed by atoms with Crippen LogP contribution in [0.1, 0.15) is 13.8 Å². The summed E-state index contributed by atoms with van der Waals surface area (Å²) in [5.41, 5.74) is 0.